The zero-order chi connectivity index (χ0) is 14.7. The number of likely N-dealkylation sites (tertiary alicyclic amines) is 1. The summed E-state index contributed by atoms with van der Waals surface area (Å²) in [7, 11) is 0. The van der Waals surface area contributed by atoms with E-state index in [1.54, 1.807) is 0 Å². The summed E-state index contributed by atoms with van der Waals surface area (Å²) in [5, 5.41) is 6.23. The van der Waals surface area contributed by atoms with Gasteiger partial charge in [0.25, 0.3) is 5.91 Å². The molecule has 1 saturated heterocycles. The van der Waals surface area contributed by atoms with Gasteiger partial charge in [-0.1, -0.05) is 23.9 Å². The predicted molar refractivity (Wildman–Crippen MR) is 86.1 cm³/mol. The maximum Gasteiger partial charge on any atom is 0.267 e. The smallest absolute Gasteiger partial charge is 0.267 e. The predicted octanol–water partition coefficient (Wildman–Crippen LogP) is 3.57. The minimum absolute atomic E-state index is 0.123. The Bertz CT molecular complexity index is 586. The topological polar surface area (TPSA) is 46.1 Å². The second kappa shape index (κ2) is 6.66. The Labute approximate surface area is 133 Å². The first-order valence-electron chi connectivity index (χ1n) is 7.43. The zero-order valence-electron chi connectivity index (χ0n) is 12.1. The van der Waals surface area contributed by atoms with Crippen LogP contribution >= 0.6 is 22.9 Å². The molecular formula is C15H19N3OS2. The largest absolute Gasteiger partial charge is 0.338 e. The van der Waals surface area contributed by atoms with Crippen molar-refractivity contribution in [2.75, 3.05) is 13.1 Å². The van der Waals surface area contributed by atoms with Gasteiger partial charge in [0.2, 0.25) is 0 Å². The molecule has 2 aromatic rings. The summed E-state index contributed by atoms with van der Waals surface area (Å²) < 4.78 is 3.96. The molecule has 0 radical (unpaired) electrons. The lowest BCUT2D eigenvalue weighted by molar-refractivity contribution is 0.0717. The van der Waals surface area contributed by atoms with Gasteiger partial charge in [0.05, 0.1) is 5.69 Å². The number of piperidine rings is 1. The quantitative estimate of drug-likeness (QED) is 0.865. The summed E-state index contributed by atoms with van der Waals surface area (Å²) in [6, 6.07) is 4.32. The van der Waals surface area contributed by atoms with Crippen molar-refractivity contribution in [1.82, 2.24) is 14.5 Å². The number of amides is 1. The summed E-state index contributed by atoms with van der Waals surface area (Å²) in [4.78, 5) is 16.8. The third-order valence-corrected chi connectivity index (χ3v) is 5.76. The standard InChI is InChI=1S/C15H19N3OS2/c1-2-4-12-14(21-17-16-12)15(19)18-8-6-11(7-9-18)13-5-3-10-20-13/h3,5,10-11H,2,4,6-9H2,1H3. The van der Waals surface area contributed by atoms with Crippen LogP contribution in [0.4, 0.5) is 0 Å². The molecule has 0 aliphatic carbocycles. The molecule has 1 fully saturated rings. The Hall–Kier alpha value is -1.27. The van der Waals surface area contributed by atoms with E-state index in [0.717, 1.165) is 49.3 Å². The van der Waals surface area contributed by atoms with E-state index in [-0.39, 0.29) is 5.91 Å². The minimum atomic E-state index is 0.123. The lowest BCUT2D eigenvalue weighted by Crippen LogP contribution is -2.37. The maximum absolute atomic E-state index is 12.6. The van der Waals surface area contributed by atoms with Crippen molar-refractivity contribution in [1.29, 1.82) is 0 Å². The molecule has 1 amide bonds. The molecule has 0 aromatic carbocycles. The Balaban J connectivity index is 1.63. The van der Waals surface area contributed by atoms with Crippen LogP contribution in [0.2, 0.25) is 0 Å². The summed E-state index contributed by atoms with van der Waals surface area (Å²) in [5.41, 5.74) is 0.868. The minimum Gasteiger partial charge on any atom is -0.338 e. The Morgan fingerprint density at radius 3 is 2.90 bits per heavy atom. The first-order valence-corrected chi connectivity index (χ1v) is 9.08. The number of aromatic nitrogens is 2. The van der Waals surface area contributed by atoms with Gasteiger partial charge in [0, 0.05) is 18.0 Å². The SMILES string of the molecule is CCCc1nnsc1C(=O)N1CCC(c2cccs2)CC1. The molecule has 0 atom stereocenters. The number of hydrogen-bond donors (Lipinski definition) is 0. The number of carbonyl (C=O) groups excluding carboxylic acids is 1. The molecule has 3 rings (SSSR count). The van der Waals surface area contributed by atoms with Crippen molar-refractivity contribution in [3.63, 3.8) is 0 Å². The third-order valence-electron chi connectivity index (χ3n) is 3.96. The van der Waals surface area contributed by atoms with Gasteiger partial charge in [-0.15, -0.1) is 16.4 Å². The number of rotatable bonds is 4. The van der Waals surface area contributed by atoms with Gasteiger partial charge in [-0.3, -0.25) is 4.79 Å². The summed E-state index contributed by atoms with van der Waals surface area (Å²) >= 11 is 3.06. The maximum atomic E-state index is 12.6. The van der Waals surface area contributed by atoms with Gasteiger partial charge in [-0.2, -0.15) is 0 Å². The van der Waals surface area contributed by atoms with E-state index in [1.165, 1.54) is 16.4 Å². The molecule has 112 valence electrons. The van der Waals surface area contributed by atoms with Crippen LogP contribution in [0, 0.1) is 0 Å². The van der Waals surface area contributed by atoms with Crippen LogP contribution in [0.1, 0.15) is 52.3 Å². The average molecular weight is 321 g/mol. The molecule has 1 aliphatic heterocycles. The monoisotopic (exact) mass is 321 g/mol. The van der Waals surface area contributed by atoms with Crippen LogP contribution in [-0.2, 0) is 6.42 Å². The number of thiophene rings is 1. The van der Waals surface area contributed by atoms with Crippen LogP contribution in [-0.4, -0.2) is 33.5 Å². The van der Waals surface area contributed by atoms with Gasteiger partial charge in [0.15, 0.2) is 0 Å². The molecule has 21 heavy (non-hydrogen) atoms. The highest BCUT2D eigenvalue weighted by molar-refractivity contribution is 7.10. The molecule has 0 N–H and O–H groups in total. The van der Waals surface area contributed by atoms with Crippen LogP contribution in [0.5, 0.6) is 0 Å². The van der Waals surface area contributed by atoms with Gasteiger partial charge < -0.3 is 4.90 Å². The zero-order valence-corrected chi connectivity index (χ0v) is 13.8. The van der Waals surface area contributed by atoms with E-state index in [1.807, 2.05) is 16.2 Å². The van der Waals surface area contributed by atoms with Crippen LogP contribution in [0.3, 0.4) is 0 Å². The number of hydrogen-bond acceptors (Lipinski definition) is 5. The van der Waals surface area contributed by atoms with Gasteiger partial charge in [-0.25, -0.2) is 0 Å². The Kier molecular flexibility index (Phi) is 4.65. The third kappa shape index (κ3) is 3.16. The van der Waals surface area contributed by atoms with E-state index >= 15 is 0 Å². The van der Waals surface area contributed by atoms with Crippen LogP contribution in [0.15, 0.2) is 17.5 Å². The lowest BCUT2D eigenvalue weighted by atomic mass is 9.95. The van der Waals surface area contributed by atoms with Crippen molar-refractivity contribution in [2.45, 2.75) is 38.5 Å². The van der Waals surface area contributed by atoms with Crippen molar-refractivity contribution in [2.24, 2.45) is 0 Å². The highest BCUT2D eigenvalue weighted by atomic mass is 32.1. The molecule has 6 heteroatoms. The summed E-state index contributed by atoms with van der Waals surface area (Å²) in [6.07, 6.45) is 3.94. The van der Waals surface area contributed by atoms with Crippen molar-refractivity contribution in [3.05, 3.63) is 33.0 Å². The highest BCUT2D eigenvalue weighted by Gasteiger charge is 2.27. The fourth-order valence-electron chi connectivity index (χ4n) is 2.81. The molecule has 0 bridgehead atoms. The number of aryl methyl sites for hydroxylation is 1. The fraction of sp³-hybridized carbons (Fsp3) is 0.533. The van der Waals surface area contributed by atoms with E-state index < -0.39 is 0 Å². The lowest BCUT2D eigenvalue weighted by Gasteiger charge is -2.31. The molecule has 2 aromatic heterocycles. The first kappa shape index (κ1) is 14.7. The van der Waals surface area contributed by atoms with Crippen LogP contribution in [0.25, 0.3) is 0 Å². The first-order chi connectivity index (χ1) is 10.3. The molecule has 0 unspecified atom stereocenters. The number of nitrogens with zero attached hydrogens (tertiary/aromatic N) is 3. The van der Waals surface area contributed by atoms with E-state index in [2.05, 4.69) is 34.0 Å². The van der Waals surface area contributed by atoms with Crippen LogP contribution < -0.4 is 0 Å². The van der Waals surface area contributed by atoms with E-state index in [9.17, 15) is 4.79 Å². The molecule has 0 spiro atoms. The normalized spacial score (nSPS) is 16.3. The Morgan fingerprint density at radius 1 is 1.43 bits per heavy atom. The van der Waals surface area contributed by atoms with Gasteiger partial charge in [0.1, 0.15) is 4.88 Å². The second-order valence-electron chi connectivity index (χ2n) is 5.38. The molecule has 3 heterocycles. The highest BCUT2D eigenvalue weighted by Crippen LogP contribution is 2.31. The summed E-state index contributed by atoms with van der Waals surface area (Å²) in [5.74, 6) is 0.738. The van der Waals surface area contributed by atoms with E-state index in [0.29, 0.717) is 5.92 Å². The molecular weight excluding hydrogens is 302 g/mol. The van der Waals surface area contributed by atoms with Crippen molar-refractivity contribution < 1.29 is 4.79 Å². The summed E-state index contributed by atoms with van der Waals surface area (Å²) in [6.45, 7) is 3.77. The molecule has 0 saturated carbocycles. The van der Waals surface area contributed by atoms with Gasteiger partial charge >= 0.3 is 0 Å². The van der Waals surface area contributed by atoms with Gasteiger partial charge in [-0.05, 0) is 48.2 Å². The molecule has 1 aliphatic rings. The second-order valence-corrected chi connectivity index (χ2v) is 7.11. The van der Waals surface area contributed by atoms with Crippen molar-refractivity contribution in [3.8, 4) is 0 Å². The average Bonchev–Trinajstić information content (AvgIpc) is 3.19. The van der Waals surface area contributed by atoms with E-state index in [4.69, 9.17) is 0 Å². The van der Waals surface area contributed by atoms with Crippen molar-refractivity contribution >= 4 is 28.8 Å². The number of carbonyl (C=O) groups is 1. The fourth-order valence-corrected chi connectivity index (χ4v) is 4.38. The Morgan fingerprint density at radius 2 is 2.24 bits per heavy atom. The molecule has 4 nitrogen and oxygen atoms in total.